The highest BCUT2D eigenvalue weighted by Crippen LogP contribution is 2.34. The molecular formula is C23H22FN5O5. The summed E-state index contributed by atoms with van der Waals surface area (Å²) in [6.07, 6.45) is -2.03. The highest BCUT2D eigenvalue weighted by Gasteiger charge is 2.46. The molecular weight excluding hydrogens is 445 g/mol. The Labute approximate surface area is 193 Å². The van der Waals surface area contributed by atoms with Crippen molar-refractivity contribution >= 4 is 0 Å². The lowest BCUT2D eigenvalue weighted by molar-refractivity contribution is -0.0833. The second kappa shape index (κ2) is 10.9. The molecule has 1 N–H and O–H groups in total. The molecule has 3 aromatic rings. The molecule has 1 aliphatic rings. The molecule has 0 amide bonds. The number of aromatic amines is 1. The SMILES string of the molecule is [N-]=[N+]=N[C@@H]1[C@@H](OCc2ccccc2)[C@@H](COCc2ccccc2)O[C@H]1n1cc(F)c(=O)[nH]c1=O. The van der Waals surface area contributed by atoms with Crippen molar-refractivity contribution in [1.29, 1.82) is 0 Å². The first kappa shape index (κ1) is 23.4. The fourth-order valence-corrected chi connectivity index (χ4v) is 3.76. The van der Waals surface area contributed by atoms with E-state index < -0.39 is 41.5 Å². The summed E-state index contributed by atoms with van der Waals surface area (Å²) in [6, 6.07) is 17.8. The predicted molar refractivity (Wildman–Crippen MR) is 119 cm³/mol. The molecule has 2 heterocycles. The Kier molecular flexibility index (Phi) is 7.51. The van der Waals surface area contributed by atoms with Crippen molar-refractivity contribution in [3.63, 3.8) is 0 Å². The summed E-state index contributed by atoms with van der Waals surface area (Å²) in [6.45, 7) is 0.544. The Hall–Kier alpha value is -3.76. The molecule has 176 valence electrons. The molecule has 1 saturated heterocycles. The fourth-order valence-electron chi connectivity index (χ4n) is 3.76. The molecule has 0 saturated carbocycles. The molecule has 11 heteroatoms. The lowest BCUT2D eigenvalue weighted by Crippen LogP contribution is -2.39. The number of halogens is 1. The summed E-state index contributed by atoms with van der Waals surface area (Å²) in [4.78, 5) is 28.6. The fraction of sp³-hybridized carbons (Fsp3) is 0.304. The number of nitrogens with one attached hydrogen (secondary N) is 1. The van der Waals surface area contributed by atoms with Gasteiger partial charge in [-0.3, -0.25) is 14.3 Å². The van der Waals surface area contributed by atoms with Gasteiger partial charge in [0, 0.05) is 4.91 Å². The van der Waals surface area contributed by atoms with E-state index in [0.717, 1.165) is 21.9 Å². The maximum absolute atomic E-state index is 14.0. The number of nitrogens with zero attached hydrogens (tertiary/aromatic N) is 4. The zero-order valence-corrected chi connectivity index (χ0v) is 18.0. The molecule has 1 fully saturated rings. The Morgan fingerprint density at radius 1 is 1.06 bits per heavy atom. The third-order valence-corrected chi connectivity index (χ3v) is 5.37. The van der Waals surface area contributed by atoms with Gasteiger partial charge in [0.15, 0.2) is 0 Å². The number of aromatic nitrogens is 2. The van der Waals surface area contributed by atoms with Crippen LogP contribution < -0.4 is 11.2 Å². The van der Waals surface area contributed by atoms with Crippen molar-refractivity contribution in [3.8, 4) is 0 Å². The number of ether oxygens (including phenoxy) is 3. The highest BCUT2D eigenvalue weighted by molar-refractivity contribution is 5.14. The summed E-state index contributed by atoms with van der Waals surface area (Å²) in [5.74, 6) is -1.17. The van der Waals surface area contributed by atoms with Crippen LogP contribution in [0.5, 0.6) is 0 Å². The first-order valence-corrected chi connectivity index (χ1v) is 10.5. The van der Waals surface area contributed by atoms with Gasteiger partial charge in [0.1, 0.15) is 18.4 Å². The van der Waals surface area contributed by atoms with E-state index in [1.807, 2.05) is 65.6 Å². The van der Waals surface area contributed by atoms with Crippen LogP contribution >= 0.6 is 0 Å². The Morgan fingerprint density at radius 2 is 1.71 bits per heavy atom. The van der Waals surface area contributed by atoms with E-state index >= 15 is 0 Å². The Morgan fingerprint density at radius 3 is 2.35 bits per heavy atom. The van der Waals surface area contributed by atoms with Crippen LogP contribution in [0, 0.1) is 5.82 Å². The monoisotopic (exact) mass is 467 g/mol. The number of hydrogen-bond acceptors (Lipinski definition) is 6. The normalized spacial score (nSPS) is 21.8. The van der Waals surface area contributed by atoms with Crippen LogP contribution in [0.3, 0.4) is 0 Å². The summed E-state index contributed by atoms with van der Waals surface area (Å²) in [7, 11) is 0. The molecule has 0 unspecified atom stereocenters. The standard InChI is InChI=1S/C23H22FN5O5/c24-17-11-29(23(31)26-21(17)30)22-19(27-28-25)20(33-13-16-9-5-2-6-10-16)18(34-22)14-32-12-15-7-3-1-4-8-15/h1-11,18-20,22H,12-14H2,(H,26,30,31)/t18-,19-,20+,22-/m1/s1. The zero-order valence-electron chi connectivity index (χ0n) is 18.0. The van der Waals surface area contributed by atoms with Crippen molar-refractivity contribution in [2.75, 3.05) is 6.61 Å². The molecule has 34 heavy (non-hydrogen) atoms. The van der Waals surface area contributed by atoms with Gasteiger partial charge < -0.3 is 14.2 Å². The van der Waals surface area contributed by atoms with Crippen LogP contribution in [0.4, 0.5) is 4.39 Å². The smallest absolute Gasteiger partial charge is 0.330 e. The number of H-pyrrole nitrogens is 1. The quantitative estimate of drug-likeness (QED) is 0.294. The molecule has 0 bridgehead atoms. The summed E-state index contributed by atoms with van der Waals surface area (Å²) in [5.41, 5.74) is 8.94. The molecule has 4 rings (SSSR count). The van der Waals surface area contributed by atoms with Gasteiger partial charge in [-0.15, -0.1) is 0 Å². The van der Waals surface area contributed by atoms with Crippen LogP contribution in [0.25, 0.3) is 10.4 Å². The van der Waals surface area contributed by atoms with Crippen molar-refractivity contribution in [2.45, 2.75) is 37.7 Å². The molecule has 10 nitrogen and oxygen atoms in total. The highest BCUT2D eigenvalue weighted by atomic mass is 19.1. The van der Waals surface area contributed by atoms with E-state index in [-0.39, 0.29) is 13.2 Å². The van der Waals surface area contributed by atoms with Gasteiger partial charge in [0.25, 0.3) is 5.56 Å². The second-order valence-corrected chi connectivity index (χ2v) is 7.67. The van der Waals surface area contributed by atoms with Gasteiger partial charge in [-0.2, -0.15) is 4.39 Å². The minimum atomic E-state index is -1.21. The first-order chi connectivity index (χ1) is 16.6. The van der Waals surface area contributed by atoms with Gasteiger partial charge in [-0.05, 0) is 16.7 Å². The molecule has 4 atom stereocenters. The van der Waals surface area contributed by atoms with E-state index in [9.17, 15) is 19.5 Å². The van der Waals surface area contributed by atoms with Gasteiger partial charge in [0.2, 0.25) is 5.82 Å². The number of benzene rings is 2. The van der Waals surface area contributed by atoms with Crippen molar-refractivity contribution in [2.24, 2.45) is 5.11 Å². The second-order valence-electron chi connectivity index (χ2n) is 7.67. The van der Waals surface area contributed by atoms with E-state index in [1.165, 1.54) is 0 Å². The van der Waals surface area contributed by atoms with Crippen LogP contribution in [0.1, 0.15) is 17.4 Å². The number of hydrogen-bond donors (Lipinski definition) is 1. The summed E-state index contributed by atoms with van der Waals surface area (Å²) >= 11 is 0. The third-order valence-electron chi connectivity index (χ3n) is 5.37. The first-order valence-electron chi connectivity index (χ1n) is 10.5. The van der Waals surface area contributed by atoms with Crippen molar-refractivity contribution in [1.82, 2.24) is 9.55 Å². The Balaban J connectivity index is 1.59. The van der Waals surface area contributed by atoms with E-state index in [2.05, 4.69) is 10.0 Å². The lowest BCUT2D eigenvalue weighted by atomic mass is 10.1. The third kappa shape index (κ3) is 5.41. The van der Waals surface area contributed by atoms with Crippen LogP contribution in [0.2, 0.25) is 0 Å². The van der Waals surface area contributed by atoms with E-state index in [0.29, 0.717) is 6.61 Å². The van der Waals surface area contributed by atoms with Crippen LogP contribution in [0.15, 0.2) is 81.6 Å². The average Bonchev–Trinajstić information content (AvgIpc) is 3.18. The van der Waals surface area contributed by atoms with Crippen LogP contribution in [-0.2, 0) is 27.4 Å². The molecule has 1 aromatic heterocycles. The van der Waals surface area contributed by atoms with E-state index in [1.54, 1.807) is 0 Å². The molecule has 2 aromatic carbocycles. The topological polar surface area (TPSA) is 131 Å². The maximum atomic E-state index is 14.0. The van der Waals surface area contributed by atoms with Crippen molar-refractivity contribution < 1.29 is 18.6 Å². The zero-order chi connectivity index (χ0) is 23.9. The van der Waals surface area contributed by atoms with Gasteiger partial charge in [-0.1, -0.05) is 65.8 Å². The maximum Gasteiger partial charge on any atom is 0.330 e. The average molecular weight is 467 g/mol. The number of azide groups is 1. The summed E-state index contributed by atoms with van der Waals surface area (Å²) in [5, 5.41) is 3.79. The summed E-state index contributed by atoms with van der Waals surface area (Å²) < 4.78 is 32.7. The van der Waals surface area contributed by atoms with Gasteiger partial charge in [0.05, 0.1) is 32.1 Å². The Bertz CT molecular complexity index is 1260. The molecule has 0 radical (unpaired) electrons. The molecule has 1 aliphatic heterocycles. The van der Waals surface area contributed by atoms with Gasteiger partial charge >= 0.3 is 5.69 Å². The minimum absolute atomic E-state index is 0.0584. The lowest BCUT2D eigenvalue weighted by Gasteiger charge is -2.21. The largest absolute Gasteiger partial charge is 0.374 e. The predicted octanol–water partition coefficient (Wildman–Crippen LogP) is 3.05. The van der Waals surface area contributed by atoms with Crippen molar-refractivity contribution in [3.05, 3.63) is 115 Å². The minimum Gasteiger partial charge on any atom is -0.374 e. The van der Waals surface area contributed by atoms with E-state index in [4.69, 9.17) is 14.2 Å². The molecule has 0 spiro atoms. The van der Waals surface area contributed by atoms with Gasteiger partial charge in [-0.25, -0.2) is 4.79 Å². The molecule has 0 aliphatic carbocycles. The van der Waals surface area contributed by atoms with Crippen LogP contribution in [-0.4, -0.2) is 34.4 Å². The number of rotatable bonds is 9.